The molecule has 0 atom stereocenters. The molecule has 1 N–H and O–H groups in total. The number of nitrogens with zero attached hydrogens (tertiary/aromatic N) is 2. The van der Waals surface area contributed by atoms with E-state index in [1.807, 2.05) is 31.3 Å². The largest absolute Gasteiger partial charge is 0.485 e. The van der Waals surface area contributed by atoms with Crippen molar-refractivity contribution >= 4 is 5.69 Å². The molecule has 0 saturated heterocycles. The summed E-state index contributed by atoms with van der Waals surface area (Å²) in [6.45, 7) is 4.55. The molecule has 5 nitrogen and oxygen atoms in total. The molecule has 0 amide bonds. The fraction of sp³-hybridized carbons (Fsp3) is 0.429. The third kappa shape index (κ3) is 3.98. The van der Waals surface area contributed by atoms with E-state index in [4.69, 9.17) is 9.26 Å². The molecule has 0 aliphatic carbocycles. The number of hydrogen-bond acceptors (Lipinski definition) is 5. The van der Waals surface area contributed by atoms with Crippen LogP contribution in [0.25, 0.3) is 0 Å². The Hall–Kier alpha value is -2.04. The Bertz CT molecular complexity index is 506. The normalized spacial score (nSPS) is 10.7. The summed E-state index contributed by atoms with van der Waals surface area (Å²) < 4.78 is 10.7. The molecule has 1 aromatic heterocycles. The van der Waals surface area contributed by atoms with E-state index in [1.54, 1.807) is 0 Å². The second kappa shape index (κ2) is 6.22. The Kier molecular flexibility index (Phi) is 4.39. The van der Waals surface area contributed by atoms with Crippen molar-refractivity contribution in [3.8, 4) is 5.75 Å². The van der Waals surface area contributed by atoms with E-state index in [1.165, 1.54) is 0 Å². The number of hydrogen-bond donors (Lipinski definition) is 1. The Morgan fingerprint density at radius 1 is 1.26 bits per heavy atom. The van der Waals surface area contributed by atoms with E-state index in [0.29, 0.717) is 24.2 Å². The fourth-order valence-corrected chi connectivity index (χ4v) is 1.65. The first-order valence-corrected chi connectivity index (χ1v) is 6.39. The highest BCUT2D eigenvalue weighted by Crippen LogP contribution is 2.16. The van der Waals surface area contributed by atoms with Gasteiger partial charge in [-0.25, -0.2) is 0 Å². The fourth-order valence-electron chi connectivity index (χ4n) is 1.65. The van der Waals surface area contributed by atoms with Crippen molar-refractivity contribution in [3.05, 3.63) is 36.0 Å². The van der Waals surface area contributed by atoms with Gasteiger partial charge in [0.2, 0.25) is 11.7 Å². The van der Waals surface area contributed by atoms with E-state index in [-0.39, 0.29) is 0 Å². The molecule has 0 aliphatic heterocycles. The molecule has 1 aromatic carbocycles. The molecule has 0 unspecified atom stereocenters. The topological polar surface area (TPSA) is 60.2 Å². The zero-order chi connectivity index (χ0) is 13.7. The molecule has 102 valence electrons. The second-order valence-electron chi connectivity index (χ2n) is 4.77. The maximum Gasteiger partial charge on any atom is 0.227 e. The van der Waals surface area contributed by atoms with Crippen LogP contribution in [0.4, 0.5) is 5.69 Å². The molecule has 0 saturated carbocycles. The maximum atomic E-state index is 5.60. The maximum absolute atomic E-state index is 5.60. The van der Waals surface area contributed by atoms with Crippen molar-refractivity contribution in [3.63, 3.8) is 0 Å². The van der Waals surface area contributed by atoms with Gasteiger partial charge < -0.3 is 14.6 Å². The zero-order valence-electron chi connectivity index (χ0n) is 11.5. The third-order valence-electron chi connectivity index (χ3n) is 2.60. The van der Waals surface area contributed by atoms with E-state index < -0.39 is 0 Å². The van der Waals surface area contributed by atoms with Crippen molar-refractivity contribution in [1.82, 2.24) is 10.1 Å². The highest BCUT2D eigenvalue weighted by molar-refractivity contribution is 5.45. The summed E-state index contributed by atoms with van der Waals surface area (Å²) in [6.07, 6.45) is 0.796. The van der Waals surface area contributed by atoms with Gasteiger partial charge in [0.25, 0.3) is 0 Å². The molecule has 0 spiro atoms. The quantitative estimate of drug-likeness (QED) is 0.866. The molecule has 2 rings (SSSR count). The summed E-state index contributed by atoms with van der Waals surface area (Å²) in [4.78, 5) is 4.28. The first-order valence-electron chi connectivity index (χ1n) is 6.39. The number of anilines is 1. The average Bonchev–Trinajstić information content (AvgIpc) is 2.84. The molecule has 5 heteroatoms. The van der Waals surface area contributed by atoms with Crippen LogP contribution in [-0.4, -0.2) is 17.2 Å². The van der Waals surface area contributed by atoms with E-state index >= 15 is 0 Å². The summed E-state index contributed by atoms with van der Waals surface area (Å²) in [7, 11) is 1.88. The lowest BCUT2D eigenvalue weighted by molar-refractivity contribution is 0.284. The molecule has 19 heavy (non-hydrogen) atoms. The molecule has 0 aliphatic rings. The molecular formula is C14H19N3O2. The Morgan fingerprint density at radius 3 is 2.63 bits per heavy atom. The van der Waals surface area contributed by atoms with Crippen LogP contribution in [-0.2, 0) is 13.0 Å². The van der Waals surface area contributed by atoms with Gasteiger partial charge in [-0.2, -0.15) is 4.98 Å². The molecule has 2 aromatic rings. The van der Waals surface area contributed by atoms with Crippen molar-refractivity contribution in [2.75, 3.05) is 12.4 Å². The monoisotopic (exact) mass is 261 g/mol. The van der Waals surface area contributed by atoms with Crippen LogP contribution in [0, 0.1) is 5.92 Å². The summed E-state index contributed by atoms with van der Waals surface area (Å²) in [5.74, 6) is 2.53. The lowest BCUT2D eigenvalue weighted by Gasteiger charge is -2.04. The second-order valence-corrected chi connectivity index (χ2v) is 4.77. The highest BCUT2D eigenvalue weighted by Gasteiger charge is 2.08. The Morgan fingerprint density at radius 2 is 2.00 bits per heavy atom. The number of benzene rings is 1. The predicted octanol–water partition coefficient (Wildman–Crippen LogP) is 2.89. The smallest absolute Gasteiger partial charge is 0.227 e. The van der Waals surface area contributed by atoms with E-state index in [9.17, 15) is 0 Å². The minimum Gasteiger partial charge on any atom is -0.485 e. The van der Waals surface area contributed by atoms with Gasteiger partial charge in [0.1, 0.15) is 5.75 Å². The lowest BCUT2D eigenvalue weighted by atomic mass is 10.1. The number of nitrogens with one attached hydrogen (secondary N) is 1. The standard InChI is InChI=1S/C14H19N3O2/c1-10(2)8-14-16-13(17-19-14)9-18-12-6-4-11(15-3)5-7-12/h4-7,10,15H,8-9H2,1-3H3. The minimum atomic E-state index is 0.320. The minimum absolute atomic E-state index is 0.320. The van der Waals surface area contributed by atoms with Crippen LogP contribution < -0.4 is 10.1 Å². The first kappa shape index (κ1) is 13.4. The van der Waals surface area contributed by atoms with Crippen molar-refractivity contribution in [1.29, 1.82) is 0 Å². The van der Waals surface area contributed by atoms with Gasteiger partial charge in [-0.1, -0.05) is 19.0 Å². The summed E-state index contributed by atoms with van der Waals surface area (Å²) >= 11 is 0. The van der Waals surface area contributed by atoms with Crippen LogP contribution in [0.2, 0.25) is 0 Å². The van der Waals surface area contributed by atoms with Gasteiger partial charge in [-0.3, -0.25) is 0 Å². The Labute approximate surface area is 113 Å². The Balaban J connectivity index is 1.89. The first-order chi connectivity index (χ1) is 9.17. The molecule has 1 heterocycles. The van der Waals surface area contributed by atoms with Gasteiger partial charge in [0.15, 0.2) is 6.61 Å². The van der Waals surface area contributed by atoms with Crippen LogP contribution in [0.1, 0.15) is 25.6 Å². The van der Waals surface area contributed by atoms with Gasteiger partial charge >= 0.3 is 0 Å². The van der Waals surface area contributed by atoms with Gasteiger partial charge in [0, 0.05) is 19.2 Å². The van der Waals surface area contributed by atoms with Crippen LogP contribution >= 0.6 is 0 Å². The summed E-state index contributed by atoms with van der Waals surface area (Å²) in [5, 5.41) is 6.95. The third-order valence-corrected chi connectivity index (χ3v) is 2.60. The van der Waals surface area contributed by atoms with Gasteiger partial charge in [0.05, 0.1) is 0 Å². The number of ether oxygens (including phenoxy) is 1. The predicted molar refractivity (Wildman–Crippen MR) is 73.2 cm³/mol. The average molecular weight is 261 g/mol. The van der Waals surface area contributed by atoms with Crippen molar-refractivity contribution in [2.45, 2.75) is 26.9 Å². The van der Waals surface area contributed by atoms with Crippen LogP contribution in [0.15, 0.2) is 28.8 Å². The summed E-state index contributed by atoms with van der Waals surface area (Å²) in [5.41, 5.74) is 1.05. The van der Waals surface area contributed by atoms with Gasteiger partial charge in [-0.15, -0.1) is 0 Å². The molecule has 0 fully saturated rings. The van der Waals surface area contributed by atoms with Crippen LogP contribution in [0.3, 0.4) is 0 Å². The number of aromatic nitrogens is 2. The SMILES string of the molecule is CNc1ccc(OCc2noc(CC(C)C)n2)cc1. The van der Waals surface area contributed by atoms with Crippen molar-refractivity contribution < 1.29 is 9.26 Å². The lowest BCUT2D eigenvalue weighted by Crippen LogP contribution is -1.99. The van der Waals surface area contributed by atoms with E-state index in [0.717, 1.165) is 17.9 Å². The van der Waals surface area contributed by atoms with Crippen LogP contribution in [0.5, 0.6) is 5.75 Å². The number of rotatable bonds is 6. The molecular weight excluding hydrogens is 242 g/mol. The molecule has 0 bridgehead atoms. The van der Waals surface area contributed by atoms with Crippen molar-refractivity contribution in [2.24, 2.45) is 5.92 Å². The zero-order valence-corrected chi connectivity index (χ0v) is 11.5. The summed E-state index contributed by atoms with van der Waals surface area (Å²) in [6, 6.07) is 7.72. The molecule has 0 radical (unpaired) electrons. The highest BCUT2D eigenvalue weighted by atomic mass is 16.5. The van der Waals surface area contributed by atoms with Gasteiger partial charge in [-0.05, 0) is 30.2 Å². The van der Waals surface area contributed by atoms with E-state index in [2.05, 4.69) is 29.3 Å².